The van der Waals surface area contributed by atoms with Crippen molar-refractivity contribution in [2.45, 2.75) is 37.6 Å². The number of carbonyl (C=O) groups is 1. The molecule has 0 saturated heterocycles. The van der Waals surface area contributed by atoms with Gasteiger partial charge in [0.2, 0.25) is 11.1 Å². The molecule has 7 heteroatoms. The topological polar surface area (TPSA) is 85.8 Å². The molecule has 2 aromatic carbocycles. The molecule has 1 unspecified atom stereocenters. The minimum atomic E-state index is -0.367. The van der Waals surface area contributed by atoms with Crippen LogP contribution in [0.2, 0.25) is 0 Å². The maximum atomic E-state index is 12.5. The van der Waals surface area contributed by atoms with Crippen LogP contribution >= 0.6 is 11.8 Å². The van der Waals surface area contributed by atoms with E-state index in [4.69, 9.17) is 5.84 Å². The molecule has 1 atom stereocenters. The van der Waals surface area contributed by atoms with Crippen molar-refractivity contribution >= 4 is 23.4 Å². The number of thioether (sulfide) groups is 1. The van der Waals surface area contributed by atoms with Gasteiger partial charge in [-0.3, -0.25) is 4.79 Å². The molecule has 1 heterocycles. The molecule has 1 aromatic heterocycles. The monoisotopic (exact) mass is 381 g/mol. The lowest BCUT2D eigenvalue weighted by Gasteiger charge is -2.12. The fraction of sp³-hybridized carbons (Fsp3) is 0.250. The average molecular weight is 382 g/mol. The molecule has 27 heavy (non-hydrogen) atoms. The van der Waals surface area contributed by atoms with Crippen LogP contribution < -0.4 is 11.2 Å². The summed E-state index contributed by atoms with van der Waals surface area (Å²) in [6, 6.07) is 15.7. The lowest BCUT2D eigenvalue weighted by atomic mass is 10.1. The van der Waals surface area contributed by atoms with Gasteiger partial charge in [-0.15, -0.1) is 10.2 Å². The van der Waals surface area contributed by atoms with Crippen molar-refractivity contribution < 1.29 is 4.79 Å². The number of hydrogen-bond acceptors (Lipinski definition) is 5. The molecule has 0 aliphatic carbocycles. The highest BCUT2D eigenvalue weighted by atomic mass is 32.2. The van der Waals surface area contributed by atoms with Crippen molar-refractivity contribution in [3.8, 4) is 11.4 Å². The van der Waals surface area contributed by atoms with E-state index in [1.54, 1.807) is 0 Å². The van der Waals surface area contributed by atoms with Gasteiger partial charge in [0.1, 0.15) is 0 Å². The summed E-state index contributed by atoms with van der Waals surface area (Å²) in [6.07, 6.45) is 0.968. The van der Waals surface area contributed by atoms with Crippen molar-refractivity contribution in [1.82, 2.24) is 14.9 Å². The first-order chi connectivity index (χ1) is 13.0. The molecule has 0 radical (unpaired) electrons. The highest BCUT2D eigenvalue weighted by Gasteiger charge is 2.20. The van der Waals surface area contributed by atoms with Crippen LogP contribution in [-0.2, 0) is 11.2 Å². The van der Waals surface area contributed by atoms with E-state index < -0.39 is 0 Å². The Balaban J connectivity index is 1.67. The Kier molecular flexibility index (Phi) is 5.81. The average Bonchev–Trinajstić information content (AvgIpc) is 3.03. The fourth-order valence-corrected chi connectivity index (χ4v) is 3.31. The number of nitrogens with two attached hydrogens (primary N) is 1. The number of carbonyl (C=O) groups excluding carboxylic acids is 1. The third-order valence-electron chi connectivity index (χ3n) is 4.26. The first-order valence-electron chi connectivity index (χ1n) is 8.82. The third-order valence-corrected chi connectivity index (χ3v) is 5.31. The summed E-state index contributed by atoms with van der Waals surface area (Å²) in [6.45, 7) is 5.94. The molecule has 3 rings (SSSR count). The molecule has 6 nitrogen and oxygen atoms in total. The summed E-state index contributed by atoms with van der Waals surface area (Å²) in [4.78, 5) is 12.5. The molecule has 140 valence electrons. The number of amides is 1. The molecule has 3 N–H and O–H groups in total. The number of nitrogens with one attached hydrogen (secondary N) is 1. The Hall–Kier alpha value is -2.80. The van der Waals surface area contributed by atoms with Gasteiger partial charge in [0.25, 0.3) is 0 Å². The number of rotatable bonds is 6. The van der Waals surface area contributed by atoms with Gasteiger partial charge in [-0.2, -0.15) is 0 Å². The maximum absolute atomic E-state index is 12.5. The molecule has 0 aliphatic rings. The predicted octanol–water partition coefficient (Wildman–Crippen LogP) is 3.65. The van der Waals surface area contributed by atoms with Crippen molar-refractivity contribution in [3.05, 3.63) is 59.7 Å². The number of anilines is 1. The van der Waals surface area contributed by atoms with Crippen LogP contribution in [0.15, 0.2) is 53.7 Å². The molecule has 1 amide bonds. The Morgan fingerprint density at radius 2 is 1.81 bits per heavy atom. The molecular formula is C20H23N5OS. The van der Waals surface area contributed by atoms with E-state index in [0.29, 0.717) is 11.0 Å². The van der Waals surface area contributed by atoms with E-state index >= 15 is 0 Å². The van der Waals surface area contributed by atoms with Crippen LogP contribution in [0.5, 0.6) is 0 Å². The Morgan fingerprint density at radius 1 is 1.15 bits per heavy atom. The van der Waals surface area contributed by atoms with Crippen LogP contribution in [0.1, 0.15) is 25.0 Å². The van der Waals surface area contributed by atoms with Crippen LogP contribution in [0.25, 0.3) is 11.4 Å². The second-order valence-electron chi connectivity index (χ2n) is 6.34. The zero-order valence-electron chi connectivity index (χ0n) is 15.6. The van der Waals surface area contributed by atoms with E-state index in [1.165, 1.54) is 22.0 Å². The molecule has 0 bridgehead atoms. The smallest absolute Gasteiger partial charge is 0.237 e. The zero-order chi connectivity index (χ0) is 19.4. The summed E-state index contributed by atoms with van der Waals surface area (Å²) in [5.74, 6) is 6.61. The Labute approximate surface area is 163 Å². The third kappa shape index (κ3) is 4.49. The lowest BCUT2D eigenvalue weighted by Crippen LogP contribution is -2.23. The van der Waals surface area contributed by atoms with Gasteiger partial charge in [-0.1, -0.05) is 60.6 Å². The minimum absolute atomic E-state index is 0.107. The highest BCUT2D eigenvalue weighted by Crippen LogP contribution is 2.25. The van der Waals surface area contributed by atoms with Gasteiger partial charge in [0, 0.05) is 11.3 Å². The number of nitrogens with zero attached hydrogens (tertiary/aromatic N) is 3. The Morgan fingerprint density at radius 3 is 2.44 bits per heavy atom. The van der Waals surface area contributed by atoms with E-state index in [9.17, 15) is 4.79 Å². The largest absolute Gasteiger partial charge is 0.335 e. The highest BCUT2D eigenvalue weighted by molar-refractivity contribution is 8.00. The molecule has 0 aliphatic heterocycles. The number of benzene rings is 2. The maximum Gasteiger partial charge on any atom is 0.237 e. The summed E-state index contributed by atoms with van der Waals surface area (Å²) < 4.78 is 1.43. The van der Waals surface area contributed by atoms with E-state index in [2.05, 4.69) is 22.4 Å². The predicted molar refractivity (Wildman–Crippen MR) is 110 cm³/mol. The van der Waals surface area contributed by atoms with Gasteiger partial charge in [0.15, 0.2) is 5.82 Å². The van der Waals surface area contributed by atoms with Gasteiger partial charge < -0.3 is 11.2 Å². The quantitative estimate of drug-likeness (QED) is 0.503. The van der Waals surface area contributed by atoms with Gasteiger partial charge in [-0.25, -0.2) is 4.68 Å². The summed E-state index contributed by atoms with van der Waals surface area (Å²) in [5, 5.41) is 11.4. The normalized spacial score (nSPS) is 12.0. The van der Waals surface area contributed by atoms with Crippen molar-refractivity contribution in [3.63, 3.8) is 0 Å². The summed E-state index contributed by atoms with van der Waals surface area (Å²) >= 11 is 1.28. The van der Waals surface area contributed by atoms with Gasteiger partial charge >= 0.3 is 0 Å². The van der Waals surface area contributed by atoms with E-state index in [-0.39, 0.29) is 11.2 Å². The first-order valence-corrected chi connectivity index (χ1v) is 9.70. The molecule has 0 saturated carbocycles. The number of aryl methyl sites for hydroxylation is 2. The molecule has 3 aromatic rings. The van der Waals surface area contributed by atoms with Crippen LogP contribution in [0.3, 0.4) is 0 Å². The van der Waals surface area contributed by atoms with Gasteiger partial charge in [0.05, 0.1) is 5.25 Å². The van der Waals surface area contributed by atoms with E-state index in [0.717, 1.165) is 23.2 Å². The lowest BCUT2D eigenvalue weighted by molar-refractivity contribution is -0.115. The number of hydrogen-bond donors (Lipinski definition) is 2. The van der Waals surface area contributed by atoms with Crippen LogP contribution in [-0.4, -0.2) is 26.0 Å². The number of nitrogen functional groups attached to an aromatic ring is 1. The number of aromatic nitrogens is 3. The fourth-order valence-electron chi connectivity index (χ4n) is 2.54. The van der Waals surface area contributed by atoms with Crippen LogP contribution in [0, 0.1) is 6.92 Å². The summed E-state index contributed by atoms with van der Waals surface area (Å²) in [5.41, 5.74) is 4.05. The summed E-state index contributed by atoms with van der Waals surface area (Å²) in [7, 11) is 0. The van der Waals surface area contributed by atoms with Crippen molar-refractivity contribution in [1.29, 1.82) is 0 Å². The SMILES string of the molecule is CCc1ccc(NC(=O)C(C)Sc2nnc(-c3ccc(C)cc3)n2N)cc1. The minimum Gasteiger partial charge on any atom is -0.335 e. The zero-order valence-corrected chi connectivity index (χ0v) is 16.5. The Bertz CT molecular complexity index is 919. The van der Waals surface area contributed by atoms with Gasteiger partial charge in [-0.05, 0) is 38.0 Å². The molecular weight excluding hydrogens is 358 g/mol. The van der Waals surface area contributed by atoms with Crippen LogP contribution in [0.4, 0.5) is 5.69 Å². The molecule has 0 spiro atoms. The second-order valence-corrected chi connectivity index (χ2v) is 7.65. The standard InChI is InChI=1S/C20H23N5OS/c1-4-15-7-11-17(12-8-15)22-19(26)14(3)27-20-24-23-18(25(20)21)16-9-5-13(2)6-10-16/h5-12,14H,4,21H2,1-3H3,(H,22,26). The second kappa shape index (κ2) is 8.26. The first kappa shape index (κ1) is 19.0. The molecule has 0 fully saturated rings. The van der Waals surface area contributed by atoms with E-state index in [1.807, 2.05) is 62.4 Å². The van der Waals surface area contributed by atoms with Crippen molar-refractivity contribution in [2.24, 2.45) is 0 Å². The van der Waals surface area contributed by atoms with Crippen molar-refractivity contribution in [2.75, 3.05) is 11.2 Å².